The number of alkyl halides is 6. The van der Waals surface area contributed by atoms with Gasteiger partial charge in [0, 0.05) is 24.3 Å². The van der Waals surface area contributed by atoms with Gasteiger partial charge in [-0.25, -0.2) is 0 Å². The van der Waals surface area contributed by atoms with Crippen LogP contribution < -0.4 is 10.7 Å². The Bertz CT molecular complexity index is 1820. The van der Waals surface area contributed by atoms with Crippen LogP contribution in [-0.2, 0) is 5.91 Å². The molecule has 0 saturated heterocycles. The smallest absolute Gasteiger partial charge is 0.198 e. The van der Waals surface area contributed by atoms with E-state index in [2.05, 4.69) is 0 Å². The van der Waals surface area contributed by atoms with Gasteiger partial charge < -0.3 is 0 Å². The van der Waals surface area contributed by atoms with Gasteiger partial charge in [0.1, 0.15) is 0 Å². The third kappa shape index (κ3) is 1.78. The number of hydrogen-bond acceptors (Lipinski definition) is 0. The Balaban J connectivity index is 1.72. The molecule has 1 unspecified atom stereocenters. The summed E-state index contributed by atoms with van der Waals surface area (Å²) in [6, 6.07) is 6.11. The summed E-state index contributed by atoms with van der Waals surface area (Å²) in [5, 5.41) is 0.458. The van der Waals surface area contributed by atoms with Crippen LogP contribution in [0.5, 0.6) is 0 Å². The third-order valence-electron chi connectivity index (χ3n) is 7.85. The van der Waals surface area contributed by atoms with Crippen LogP contribution in [0.15, 0.2) is 65.5 Å². The molecule has 0 N–H and O–H groups in total. The lowest BCUT2D eigenvalue weighted by molar-refractivity contribution is -0.837. The Hall–Kier alpha value is -3.82. The minimum Gasteiger partial charge on any atom is -0.198 e. The lowest BCUT2D eigenvalue weighted by atomic mass is 10.00. The van der Waals surface area contributed by atoms with Crippen molar-refractivity contribution >= 4 is 28.1 Å². The van der Waals surface area contributed by atoms with Crippen molar-refractivity contribution in [3.05, 3.63) is 87.6 Å². The molecule has 0 radical (unpaired) electrons. The maximum Gasteiger partial charge on any atom is 0.553 e. The summed E-state index contributed by atoms with van der Waals surface area (Å²) in [7, 11) is 0. The van der Waals surface area contributed by atoms with Crippen molar-refractivity contribution in [1.29, 1.82) is 0 Å². The van der Waals surface area contributed by atoms with E-state index in [0.29, 0.717) is 33.6 Å². The molecule has 0 amide bonds. The van der Waals surface area contributed by atoms with Crippen LogP contribution in [0.25, 0.3) is 16.7 Å². The molecule has 4 nitrogen and oxygen atoms in total. The quantitative estimate of drug-likeness (QED) is 0.403. The fourth-order valence-electron chi connectivity index (χ4n) is 6.70. The number of allylic oxidation sites excluding steroid dienone is 6. The molecule has 10 heteroatoms. The Morgan fingerprint density at radius 1 is 0.629 bits per heavy atom. The summed E-state index contributed by atoms with van der Waals surface area (Å²) in [5.41, 5.74) is 0.981. The Labute approximate surface area is 193 Å². The van der Waals surface area contributed by atoms with Crippen LogP contribution in [0.3, 0.4) is 0 Å². The van der Waals surface area contributed by atoms with Gasteiger partial charge >= 0.3 is 18.3 Å². The van der Waals surface area contributed by atoms with E-state index in [1.807, 2.05) is 0 Å². The average Bonchev–Trinajstić information content (AvgIpc) is 3.54. The number of aromatic nitrogens is 2. The van der Waals surface area contributed by atoms with Crippen LogP contribution in [0.4, 0.5) is 26.3 Å². The van der Waals surface area contributed by atoms with Crippen molar-refractivity contribution in [2.45, 2.75) is 32.1 Å². The molecule has 1 spiro atoms. The van der Waals surface area contributed by atoms with Gasteiger partial charge in [-0.05, 0) is 43.7 Å². The summed E-state index contributed by atoms with van der Waals surface area (Å²) in [6.45, 7) is 3.47. The van der Waals surface area contributed by atoms with E-state index >= 15 is 0 Å². The molecule has 6 aliphatic rings. The monoisotopic (exact) mass is 484 g/mol. The predicted molar refractivity (Wildman–Crippen MR) is 114 cm³/mol. The highest BCUT2D eigenvalue weighted by Crippen LogP contribution is 2.52. The van der Waals surface area contributed by atoms with Gasteiger partial charge in [-0.3, -0.25) is 0 Å². The van der Waals surface area contributed by atoms with E-state index in [1.54, 1.807) is 56.4 Å². The average molecular weight is 484 g/mol. The Morgan fingerprint density at radius 2 is 1.23 bits per heavy atom. The van der Waals surface area contributed by atoms with Gasteiger partial charge in [-0.2, -0.15) is 35.5 Å². The molecule has 0 aliphatic carbocycles. The van der Waals surface area contributed by atoms with E-state index in [4.69, 9.17) is 0 Å². The van der Waals surface area contributed by atoms with Crippen molar-refractivity contribution in [3.8, 4) is 0 Å². The standard InChI is InChI=1S/C25H14F6N4/c1-11-13-3-7-17-21(23(26,27)28)19-9-5-15-12(2)16-6-10-20-22(24(29,30)31)18-8-4-14(11)33(18)25(32(13)17,34(15)19)35(16)20/h3-10H,1-2H3/q+2. The highest BCUT2D eigenvalue weighted by molar-refractivity contribution is 6.25. The van der Waals surface area contributed by atoms with Gasteiger partial charge in [-0.15, -0.1) is 0 Å². The normalized spacial score (nSPS) is 25.0. The molecule has 6 aliphatic heterocycles. The zero-order valence-electron chi connectivity index (χ0n) is 18.2. The molecule has 174 valence electrons. The second-order valence-electron chi connectivity index (χ2n) is 9.35. The topological polar surface area (TPSA) is 15.9 Å². The lowest BCUT2D eigenvalue weighted by Crippen LogP contribution is -2.71. The molecule has 0 fully saturated rings. The maximum absolute atomic E-state index is 14.5. The Kier molecular flexibility index (Phi) is 2.90. The fraction of sp³-hybridized carbons (Fsp3) is 0.200. The minimum absolute atomic E-state index is 0.0742. The van der Waals surface area contributed by atoms with Crippen LogP contribution >= 0.6 is 0 Å². The zero-order valence-corrected chi connectivity index (χ0v) is 18.2. The van der Waals surface area contributed by atoms with Crippen LogP contribution in [-0.4, -0.2) is 42.1 Å². The second kappa shape index (κ2) is 5.22. The van der Waals surface area contributed by atoms with Gasteiger partial charge in [-0.1, -0.05) is 9.15 Å². The third-order valence-corrected chi connectivity index (χ3v) is 7.85. The number of halogens is 6. The molecule has 2 aromatic rings. The number of nitrogens with zero attached hydrogens (tertiary/aromatic N) is 4. The zero-order chi connectivity index (χ0) is 24.4. The van der Waals surface area contributed by atoms with Gasteiger partial charge in [0.15, 0.2) is 11.1 Å². The molecular weight excluding hydrogens is 470 g/mol. The molecule has 0 saturated carbocycles. The summed E-state index contributed by atoms with van der Waals surface area (Å²) >= 11 is 0. The molecule has 0 bridgehead atoms. The van der Waals surface area contributed by atoms with Crippen LogP contribution in [0, 0.1) is 0 Å². The van der Waals surface area contributed by atoms with Crippen LogP contribution in [0.2, 0.25) is 0 Å². The van der Waals surface area contributed by atoms with Gasteiger partial charge in [0.05, 0.1) is 27.7 Å². The second-order valence-corrected chi connectivity index (χ2v) is 9.35. The van der Waals surface area contributed by atoms with Crippen molar-refractivity contribution in [3.63, 3.8) is 0 Å². The molecule has 1 atom stereocenters. The van der Waals surface area contributed by atoms with E-state index < -0.39 is 29.4 Å². The highest BCUT2D eigenvalue weighted by Gasteiger charge is 2.74. The van der Waals surface area contributed by atoms with Gasteiger partial charge in [0.25, 0.3) is 0 Å². The highest BCUT2D eigenvalue weighted by atomic mass is 19.4. The van der Waals surface area contributed by atoms with Crippen molar-refractivity contribution in [1.82, 2.24) is 9.13 Å². The predicted octanol–water partition coefficient (Wildman–Crippen LogP) is 3.29. The van der Waals surface area contributed by atoms with E-state index in [9.17, 15) is 26.3 Å². The van der Waals surface area contributed by atoms with Crippen molar-refractivity contribution in [2.75, 3.05) is 0 Å². The molecule has 8 rings (SSSR count). The van der Waals surface area contributed by atoms with E-state index in [-0.39, 0.29) is 22.5 Å². The summed E-state index contributed by atoms with van der Waals surface area (Å²) in [5.74, 6) is -1.53. The summed E-state index contributed by atoms with van der Waals surface area (Å²) in [6.07, 6.45) is -3.24. The first-order valence-corrected chi connectivity index (χ1v) is 11.0. The molecule has 2 aromatic heterocycles. The molecule has 0 aromatic carbocycles. The van der Waals surface area contributed by atoms with Crippen LogP contribution in [0.1, 0.15) is 25.2 Å². The van der Waals surface area contributed by atoms with Crippen molar-refractivity contribution in [2.24, 2.45) is 0 Å². The molecule has 35 heavy (non-hydrogen) atoms. The van der Waals surface area contributed by atoms with E-state index in [1.165, 1.54) is 24.3 Å². The molecular formula is C25H14F6N4+2. The SMILES string of the molecule is CC1=C2C=CC3=[N+]2C24n5c(ccc5C(C)=c5ccc(n52)=C3C(F)(F)F)C(C(F)(F)F)=C2C=CC1=[N+]24. The van der Waals surface area contributed by atoms with E-state index in [0.717, 1.165) is 0 Å². The summed E-state index contributed by atoms with van der Waals surface area (Å²) < 4.78 is 93.5. The largest absolute Gasteiger partial charge is 0.553 e. The van der Waals surface area contributed by atoms with Crippen molar-refractivity contribution < 1.29 is 35.5 Å². The number of rotatable bonds is 0. The first kappa shape index (κ1) is 19.5. The van der Waals surface area contributed by atoms with Gasteiger partial charge in [0.2, 0.25) is 22.8 Å². The number of hydrogen-bond donors (Lipinski definition) is 0. The lowest BCUT2D eigenvalue weighted by Gasteiger charge is -2.40. The maximum atomic E-state index is 14.5. The Morgan fingerprint density at radius 3 is 1.94 bits per heavy atom. The first-order valence-electron chi connectivity index (χ1n) is 11.0. The fourth-order valence-corrected chi connectivity index (χ4v) is 6.70. The summed E-state index contributed by atoms with van der Waals surface area (Å²) in [4.78, 5) is 0. The minimum atomic E-state index is -4.68. The first-order chi connectivity index (χ1) is 16.5. The molecule has 8 heterocycles.